The highest BCUT2D eigenvalue weighted by molar-refractivity contribution is 14.1. The quantitative estimate of drug-likeness (QED) is 0.221. The number of carbonyl (C=O) groups excluding carboxylic acids is 2. The molecule has 0 spiro atoms. The fraction of sp³-hybridized carbons (Fsp3) is 0.692. The number of ketones is 1. The van der Waals surface area contributed by atoms with Crippen LogP contribution in [0.5, 0.6) is 0 Å². The van der Waals surface area contributed by atoms with Gasteiger partial charge >= 0.3 is 5.97 Å². The third-order valence-electron chi connectivity index (χ3n) is 2.51. The topological polar surface area (TPSA) is 43.4 Å². The van der Waals surface area contributed by atoms with Crippen LogP contribution < -0.4 is 0 Å². The molecule has 98 valence electrons. The highest BCUT2D eigenvalue weighted by Crippen LogP contribution is 2.18. The van der Waals surface area contributed by atoms with Crippen molar-refractivity contribution >= 4 is 34.3 Å². The van der Waals surface area contributed by atoms with Gasteiger partial charge < -0.3 is 4.74 Å². The number of unbranched alkanes of at least 4 members (excludes halogenated alkanes) is 1. The van der Waals surface area contributed by atoms with Crippen molar-refractivity contribution in [3.8, 4) is 0 Å². The van der Waals surface area contributed by atoms with Gasteiger partial charge in [-0.15, -0.1) is 0 Å². The van der Waals surface area contributed by atoms with Crippen LogP contribution in [-0.2, 0) is 14.3 Å². The van der Waals surface area contributed by atoms with Gasteiger partial charge in [0.1, 0.15) is 11.5 Å². The maximum atomic E-state index is 11.9. The van der Waals surface area contributed by atoms with Gasteiger partial charge in [0, 0.05) is 0 Å². The van der Waals surface area contributed by atoms with E-state index in [-0.39, 0.29) is 5.78 Å². The van der Waals surface area contributed by atoms with Gasteiger partial charge in [0.15, 0.2) is 5.78 Å². The first kappa shape index (κ1) is 16.6. The van der Waals surface area contributed by atoms with Crippen LogP contribution in [0, 0.1) is 5.92 Å². The highest BCUT2D eigenvalue weighted by Gasteiger charge is 2.30. The summed E-state index contributed by atoms with van der Waals surface area (Å²) >= 11 is 1.98. The molecule has 3 nitrogen and oxygen atoms in total. The summed E-state index contributed by atoms with van der Waals surface area (Å²) in [5, 5.41) is 0. The summed E-state index contributed by atoms with van der Waals surface area (Å²) in [4.78, 5) is 23.6. The van der Waals surface area contributed by atoms with E-state index >= 15 is 0 Å². The zero-order valence-electron chi connectivity index (χ0n) is 10.8. The summed E-state index contributed by atoms with van der Waals surface area (Å²) in [5.41, 5.74) is -0.715. The Labute approximate surface area is 117 Å². The molecule has 0 aliphatic carbocycles. The third-order valence-corrected chi connectivity index (χ3v) is 3.26. The fourth-order valence-corrected chi connectivity index (χ4v) is 1.82. The Balaban J connectivity index is 4.63. The lowest BCUT2D eigenvalue weighted by Gasteiger charge is -2.23. The molecular formula is C13H21IO3. The minimum atomic E-state index is -0.715. The Morgan fingerprint density at radius 2 is 2.06 bits per heavy atom. The van der Waals surface area contributed by atoms with Gasteiger partial charge in [-0.1, -0.05) is 48.9 Å². The van der Waals surface area contributed by atoms with E-state index in [1.807, 2.05) is 29.5 Å². The molecule has 0 aliphatic rings. The molecule has 0 heterocycles. The number of halogens is 1. The lowest BCUT2D eigenvalue weighted by molar-refractivity contribution is -0.159. The summed E-state index contributed by atoms with van der Waals surface area (Å²) in [6, 6.07) is 0. The van der Waals surface area contributed by atoms with Crippen LogP contribution in [0.3, 0.4) is 0 Å². The standard InChI is InChI=1S/C13H21IO3/c1-5-7-8-10(11(15)9-14)12(16)17-13(3,4)6-2/h6,10H,2,5,7-9H2,1,3-4H3. The Bertz CT molecular complexity index is 284. The Morgan fingerprint density at radius 3 is 2.47 bits per heavy atom. The van der Waals surface area contributed by atoms with Crippen LogP contribution in [0.15, 0.2) is 12.7 Å². The van der Waals surface area contributed by atoms with Crippen LogP contribution in [0.1, 0.15) is 40.0 Å². The molecule has 0 rings (SSSR count). The minimum Gasteiger partial charge on any atom is -0.455 e. The number of carbonyl (C=O) groups is 2. The lowest BCUT2D eigenvalue weighted by Crippen LogP contribution is -2.33. The molecule has 0 aliphatic heterocycles. The molecule has 0 bridgehead atoms. The van der Waals surface area contributed by atoms with Crippen LogP contribution in [0.4, 0.5) is 0 Å². The van der Waals surface area contributed by atoms with Gasteiger partial charge in [0.25, 0.3) is 0 Å². The second-order valence-corrected chi connectivity index (χ2v) is 5.29. The molecule has 0 fully saturated rings. The predicted molar refractivity (Wildman–Crippen MR) is 77.3 cm³/mol. The van der Waals surface area contributed by atoms with Crippen molar-refractivity contribution in [1.29, 1.82) is 0 Å². The van der Waals surface area contributed by atoms with E-state index in [1.54, 1.807) is 19.9 Å². The van der Waals surface area contributed by atoms with Crippen molar-refractivity contribution in [3.05, 3.63) is 12.7 Å². The van der Waals surface area contributed by atoms with E-state index in [9.17, 15) is 9.59 Å². The SMILES string of the molecule is C=CC(C)(C)OC(=O)C(CCCC)C(=O)CI. The molecule has 0 aromatic rings. The first-order valence-corrected chi connectivity index (χ1v) is 7.35. The second kappa shape index (κ2) is 7.84. The Hall–Kier alpha value is -0.390. The normalized spacial score (nSPS) is 12.9. The van der Waals surface area contributed by atoms with E-state index in [1.165, 1.54) is 0 Å². The van der Waals surface area contributed by atoms with Crippen molar-refractivity contribution in [2.75, 3.05) is 4.43 Å². The van der Waals surface area contributed by atoms with Gasteiger partial charge in [0.05, 0.1) is 4.43 Å². The minimum absolute atomic E-state index is 0.0519. The highest BCUT2D eigenvalue weighted by atomic mass is 127. The van der Waals surface area contributed by atoms with Crippen molar-refractivity contribution in [2.45, 2.75) is 45.6 Å². The molecule has 0 radical (unpaired) electrons. The summed E-state index contributed by atoms with van der Waals surface area (Å²) in [5.74, 6) is -1.10. The van der Waals surface area contributed by atoms with E-state index in [4.69, 9.17) is 4.74 Å². The molecule has 4 heteroatoms. The van der Waals surface area contributed by atoms with Gasteiger partial charge in [-0.25, -0.2) is 0 Å². The molecule has 0 amide bonds. The zero-order chi connectivity index (χ0) is 13.5. The maximum Gasteiger partial charge on any atom is 0.317 e. The molecule has 0 saturated carbocycles. The molecule has 17 heavy (non-hydrogen) atoms. The number of Topliss-reactive ketones (excluding diaryl/α,β-unsaturated/α-hetero) is 1. The van der Waals surface area contributed by atoms with E-state index in [2.05, 4.69) is 6.58 Å². The smallest absolute Gasteiger partial charge is 0.317 e. The van der Waals surface area contributed by atoms with Crippen molar-refractivity contribution < 1.29 is 14.3 Å². The first-order chi connectivity index (χ1) is 7.87. The number of rotatable bonds is 8. The molecule has 0 aromatic carbocycles. The summed E-state index contributed by atoms with van der Waals surface area (Å²) in [6.45, 7) is 9.15. The molecule has 1 atom stereocenters. The lowest BCUT2D eigenvalue weighted by atomic mass is 9.98. The van der Waals surface area contributed by atoms with E-state index in [0.29, 0.717) is 10.8 Å². The third kappa shape index (κ3) is 6.19. The van der Waals surface area contributed by atoms with Gasteiger partial charge in [-0.3, -0.25) is 9.59 Å². The molecule has 0 saturated heterocycles. The Kier molecular flexibility index (Phi) is 7.66. The number of esters is 1. The second-order valence-electron chi connectivity index (χ2n) is 4.52. The van der Waals surface area contributed by atoms with Crippen molar-refractivity contribution in [3.63, 3.8) is 0 Å². The Morgan fingerprint density at radius 1 is 1.47 bits per heavy atom. The van der Waals surface area contributed by atoms with Crippen LogP contribution >= 0.6 is 22.6 Å². The number of ether oxygens (including phenoxy) is 1. The van der Waals surface area contributed by atoms with Crippen LogP contribution in [-0.4, -0.2) is 21.8 Å². The van der Waals surface area contributed by atoms with Gasteiger partial charge in [0.2, 0.25) is 0 Å². The number of hydrogen-bond donors (Lipinski definition) is 0. The fourth-order valence-electron chi connectivity index (χ4n) is 1.28. The summed E-state index contributed by atoms with van der Waals surface area (Å²) in [6.07, 6.45) is 3.96. The monoisotopic (exact) mass is 352 g/mol. The summed E-state index contributed by atoms with van der Waals surface area (Å²) in [7, 11) is 0. The van der Waals surface area contributed by atoms with Crippen molar-refractivity contribution in [2.24, 2.45) is 5.92 Å². The van der Waals surface area contributed by atoms with Gasteiger partial charge in [-0.2, -0.15) is 0 Å². The first-order valence-electron chi connectivity index (χ1n) is 5.83. The van der Waals surface area contributed by atoms with Crippen LogP contribution in [0.2, 0.25) is 0 Å². The molecular weight excluding hydrogens is 331 g/mol. The average molecular weight is 352 g/mol. The zero-order valence-corrected chi connectivity index (χ0v) is 13.0. The van der Waals surface area contributed by atoms with Gasteiger partial charge in [-0.05, 0) is 26.3 Å². The molecule has 1 unspecified atom stereocenters. The largest absolute Gasteiger partial charge is 0.455 e. The predicted octanol–water partition coefficient (Wildman–Crippen LogP) is 3.30. The average Bonchev–Trinajstić information content (AvgIpc) is 2.28. The maximum absolute atomic E-state index is 11.9. The molecule has 0 aromatic heterocycles. The summed E-state index contributed by atoms with van der Waals surface area (Å²) < 4.78 is 5.63. The number of alkyl halides is 1. The molecule has 0 N–H and O–H groups in total. The van der Waals surface area contributed by atoms with E-state index < -0.39 is 17.5 Å². The van der Waals surface area contributed by atoms with E-state index in [0.717, 1.165) is 12.8 Å². The number of hydrogen-bond acceptors (Lipinski definition) is 3. The van der Waals surface area contributed by atoms with Crippen molar-refractivity contribution in [1.82, 2.24) is 0 Å². The van der Waals surface area contributed by atoms with Crippen LogP contribution in [0.25, 0.3) is 0 Å².